The summed E-state index contributed by atoms with van der Waals surface area (Å²) in [6.07, 6.45) is 4.11. The first kappa shape index (κ1) is 12.5. The summed E-state index contributed by atoms with van der Waals surface area (Å²) in [5.74, 6) is -0.895. The van der Waals surface area contributed by atoms with Crippen molar-refractivity contribution in [1.82, 2.24) is 15.3 Å². The van der Waals surface area contributed by atoms with Crippen LogP contribution in [-0.2, 0) is 5.54 Å². The molecule has 0 amide bonds. The average molecular weight is 265 g/mol. The Morgan fingerprint density at radius 2 is 2.11 bits per heavy atom. The molecule has 0 aliphatic carbocycles. The van der Waals surface area contributed by atoms with E-state index in [2.05, 4.69) is 22.2 Å². The molecule has 5 heteroatoms. The molecule has 1 saturated heterocycles. The second-order valence-corrected chi connectivity index (χ2v) is 5.23. The van der Waals surface area contributed by atoms with Crippen molar-refractivity contribution < 1.29 is 8.78 Å². The molecule has 0 saturated carbocycles. The van der Waals surface area contributed by atoms with Crippen LogP contribution in [-0.4, -0.2) is 16.5 Å². The SMILES string of the molecule is CCCC1(c2nc3cc(F)c(F)cc3[nH]2)CCCN1. The minimum Gasteiger partial charge on any atom is -0.340 e. The first-order valence-corrected chi connectivity index (χ1v) is 6.75. The third-order valence-corrected chi connectivity index (χ3v) is 3.90. The number of fused-ring (bicyclic) bond motifs is 1. The zero-order valence-electron chi connectivity index (χ0n) is 10.9. The monoisotopic (exact) mass is 265 g/mol. The summed E-state index contributed by atoms with van der Waals surface area (Å²) in [5, 5.41) is 3.50. The summed E-state index contributed by atoms with van der Waals surface area (Å²) < 4.78 is 26.5. The van der Waals surface area contributed by atoms with Gasteiger partial charge in [-0.25, -0.2) is 13.8 Å². The third-order valence-electron chi connectivity index (χ3n) is 3.90. The van der Waals surface area contributed by atoms with Crippen LogP contribution in [0.5, 0.6) is 0 Å². The molecule has 2 N–H and O–H groups in total. The predicted octanol–water partition coefficient (Wildman–Crippen LogP) is 3.22. The van der Waals surface area contributed by atoms with Crippen molar-refractivity contribution in [2.75, 3.05) is 6.54 Å². The Kier molecular flexibility index (Phi) is 3.01. The number of imidazole rings is 1. The second-order valence-electron chi connectivity index (χ2n) is 5.23. The van der Waals surface area contributed by atoms with E-state index in [0.29, 0.717) is 11.0 Å². The van der Waals surface area contributed by atoms with Crippen LogP contribution in [0.25, 0.3) is 11.0 Å². The summed E-state index contributed by atoms with van der Waals surface area (Å²) >= 11 is 0. The lowest BCUT2D eigenvalue weighted by atomic mass is 9.91. The van der Waals surface area contributed by atoms with Crippen molar-refractivity contribution in [3.05, 3.63) is 29.6 Å². The largest absolute Gasteiger partial charge is 0.340 e. The number of nitrogens with one attached hydrogen (secondary N) is 2. The van der Waals surface area contributed by atoms with E-state index in [1.165, 1.54) is 6.07 Å². The molecule has 0 spiro atoms. The van der Waals surface area contributed by atoms with Gasteiger partial charge >= 0.3 is 0 Å². The van der Waals surface area contributed by atoms with Crippen molar-refractivity contribution in [2.45, 2.75) is 38.1 Å². The molecule has 2 heterocycles. The highest BCUT2D eigenvalue weighted by Crippen LogP contribution is 2.34. The zero-order chi connectivity index (χ0) is 13.5. The number of hydrogen-bond donors (Lipinski definition) is 2. The quantitative estimate of drug-likeness (QED) is 0.894. The summed E-state index contributed by atoms with van der Waals surface area (Å²) in [7, 11) is 0. The van der Waals surface area contributed by atoms with E-state index < -0.39 is 11.6 Å². The first-order chi connectivity index (χ1) is 9.14. The maximum atomic E-state index is 13.2. The van der Waals surface area contributed by atoms with Crippen molar-refractivity contribution in [1.29, 1.82) is 0 Å². The van der Waals surface area contributed by atoms with E-state index in [1.807, 2.05) is 0 Å². The van der Waals surface area contributed by atoms with Gasteiger partial charge in [0.2, 0.25) is 0 Å². The number of hydrogen-bond acceptors (Lipinski definition) is 2. The van der Waals surface area contributed by atoms with Gasteiger partial charge in [-0.3, -0.25) is 0 Å². The number of rotatable bonds is 3. The number of H-pyrrole nitrogens is 1. The molecule has 3 rings (SSSR count). The van der Waals surface area contributed by atoms with E-state index in [-0.39, 0.29) is 5.54 Å². The smallest absolute Gasteiger partial charge is 0.161 e. The third kappa shape index (κ3) is 2.02. The Bertz CT molecular complexity index is 561. The van der Waals surface area contributed by atoms with Gasteiger partial charge in [0.25, 0.3) is 0 Å². The van der Waals surface area contributed by atoms with E-state index in [1.54, 1.807) is 0 Å². The Hall–Kier alpha value is -1.49. The van der Waals surface area contributed by atoms with Crippen LogP contribution in [0.4, 0.5) is 8.78 Å². The molecule has 0 radical (unpaired) electrons. The Morgan fingerprint density at radius 1 is 1.32 bits per heavy atom. The Balaban J connectivity index is 2.09. The minimum atomic E-state index is -0.852. The first-order valence-electron chi connectivity index (χ1n) is 6.75. The molecular weight excluding hydrogens is 248 g/mol. The van der Waals surface area contributed by atoms with E-state index in [9.17, 15) is 8.78 Å². The summed E-state index contributed by atoms with van der Waals surface area (Å²) in [4.78, 5) is 7.61. The van der Waals surface area contributed by atoms with Gasteiger partial charge in [0, 0.05) is 12.1 Å². The molecule has 1 aliphatic rings. The molecule has 3 nitrogen and oxygen atoms in total. The summed E-state index contributed by atoms with van der Waals surface area (Å²) in [5.41, 5.74) is 0.872. The van der Waals surface area contributed by atoms with Crippen LogP contribution in [0.1, 0.15) is 38.4 Å². The lowest BCUT2D eigenvalue weighted by Gasteiger charge is -2.26. The van der Waals surface area contributed by atoms with E-state index in [4.69, 9.17) is 0 Å². The van der Waals surface area contributed by atoms with Gasteiger partial charge in [-0.1, -0.05) is 13.3 Å². The van der Waals surface area contributed by atoms with Gasteiger partial charge in [-0.2, -0.15) is 0 Å². The lowest BCUT2D eigenvalue weighted by molar-refractivity contribution is 0.338. The maximum absolute atomic E-state index is 13.2. The van der Waals surface area contributed by atoms with Crippen molar-refractivity contribution >= 4 is 11.0 Å². The minimum absolute atomic E-state index is 0.166. The Morgan fingerprint density at radius 3 is 2.79 bits per heavy atom. The fourth-order valence-electron chi connectivity index (χ4n) is 3.00. The van der Waals surface area contributed by atoms with Gasteiger partial charge in [-0.15, -0.1) is 0 Å². The number of aromatic nitrogens is 2. The number of aromatic amines is 1. The van der Waals surface area contributed by atoms with Gasteiger partial charge in [0.05, 0.1) is 16.6 Å². The second kappa shape index (κ2) is 4.56. The highest BCUT2D eigenvalue weighted by Gasteiger charge is 2.37. The maximum Gasteiger partial charge on any atom is 0.161 e. The number of nitrogens with zero attached hydrogens (tertiary/aromatic N) is 1. The highest BCUT2D eigenvalue weighted by atomic mass is 19.2. The Labute approximate surface area is 110 Å². The zero-order valence-corrected chi connectivity index (χ0v) is 10.9. The van der Waals surface area contributed by atoms with Gasteiger partial charge in [0.1, 0.15) is 5.82 Å². The number of benzene rings is 1. The normalized spacial score (nSPS) is 23.3. The van der Waals surface area contributed by atoms with Gasteiger partial charge in [0.15, 0.2) is 11.6 Å². The molecule has 1 atom stereocenters. The summed E-state index contributed by atoms with van der Waals surface area (Å²) in [6.45, 7) is 3.09. The molecule has 2 aromatic rings. The van der Waals surface area contributed by atoms with Crippen molar-refractivity contribution in [3.8, 4) is 0 Å². The van der Waals surface area contributed by atoms with Crippen molar-refractivity contribution in [3.63, 3.8) is 0 Å². The fourth-order valence-corrected chi connectivity index (χ4v) is 3.00. The molecule has 102 valence electrons. The molecule has 1 fully saturated rings. The molecule has 19 heavy (non-hydrogen) atoms. The highest BCUT2D eigenvalue weighted by molar-refractivity contribution is 5.75. The van der Waals surface area contributed by atoms with Crippen LogP contribution in [0.3, 0.4) is 0 Å². The predicted molar refractivity (Wildman–Crippen MR) is 69.8 cm³/mol. The molecule has 1 aromatic carbocycles. The van der Waals surface area contributed by atoms with Crippen molar-refractivity contribution in [2.24, 2.45) is 0 Å². The standard InChI is InChI=1S/C14H17F2N3/c1-2-4-14(5-3-6-17-14)13-18-11-7-9(15)10(16)8-12(11)19-13/h7-8,17H,2-6H2,1H3,(H,18,19). The van der Waals surface area contributed by atoms with E-state index in [0.717, 1.165) is 44.1 Å². The van der Waals surface area contributed by atoms with Gasteiger partial charge in [-0.05, 0) is 25.8 Å². The topological polar surface area (TPSA) is 40.7 Å². The molecule has 1 aromatic heterocycles. The number of halogens is 2. The van der Waals surface area contributed by atoms with Gasteiger partial charge < -0.3 is 10.3 Å². The van der Waals surface area contributed by atoms with Crippen LogP contribution >= 0.6 is 0 Å². The summed E-state index contributed by atoms with van der Waals surface area (Å²) in [6, 6.07) is 2.33. The van der Waals surface area contributed by atoms with E-state index >= 15 is 0 Å². The lowest BCUT2D eigenvalue weighted by Crippen LogP contribution is -2.37. The van der Waals surface area contributed by atoms with Crippen LogP contribution < -0.4 is 5.32 Å². The average Bonchev–Trinajstić information content (AvgIpc) is 2.98. The van der Waals surface area contributed by atoms with Crippen LogP contribution in [0.2, 0.25) is 0 Å². The molecule has 0 bridgehead atoms. The molecular formula is C14H17F2N3. The molecule has 1 aliphatic heterocycles. The van der Waals surface area contributed by atoms with Crippen LogP contribution in [0, 0.1) is 11.6 Å². The molecule has 1 unspecified atom stereocenters. The van der Waals surface area contributed by atoms with Crippen LogP contribution in [0.15, 0.2) is 12.1 Å². The fraction of sp³-hybridized carbons (Fsp3) is 0.500.